The average Bonchev–Trinajstić information content (AvgIpc) is 3.42. The van der Waals surface area contributed by atoms with Crippen molar-refractivity contribution in [2.45, 2.75) is 13.5 Å². The summed E-state index contributed by atoms with van der Waals surface area (Å²) in [5.74, 6) is -0.368. The van der Waals surface area contributed by atoms with E-state index in [1.165, 1.54) is 28.8 Å². The number of nitrogens with one attached hydrogen (secondary N) is 1. The topological polar surface area (TPSA) is 107 Å². The number of aromatic nitrogens is 5. The predicted octanol–water partition coefficient (Wildman–Crippen LogP) is 3.95. The Morgan fingerprint density at radius 3 is 2.74 bits per heavy atom. The van der Waals surface area contributed by atoms with Gasteiger partial charge in [-0.1, -0.05) is 16.8 Å². The summed E-state index contributed by atoms with van der Waals surface area (Å²) >= 11 is 5.93. The van der Waals surface area contributed by atoms with Gasteiger partial charge < -0.3 is 9.84 Å². The number of hydrogen-bond donors (Lipinski definition) is 1. The third kappa shape index (κ3) is 4.06. The Morgan fingerprint density at radius 2 is 1.97 bits per heavy atom. The second-order valence-corrected chi connectivity index (χ2v) is 7.93. The molecule has 1 N–H and O–H groups in total. The van der Waals surface area contributed by atoms with Crippen LogP contribution in [0.4, 0.5) is 10.1 Å². The van der Waals surface area contributed by atoms with Crippen molar-refractivity contribution in [2.75, 3.05) is 5.32 Å². The van der Waals surface area contributed by atoms with Crippen molar-refractivity contribution in [3.8, 4) is 22.8 Å². The van der Waals surface area contributed by atoms with E-state index < -0.39 is 17.4 Å². The molecule has 0 radical (unpaired) electrons. The molecule has 0 aliphatic carbocycles. The molecule has 0 saturated heterocycles. The highest BCUT2D eigenvalue weighted by Crippen LogP contribution is 2.25. The fourth-order valence-corrected chi connectivity index (χ4v) is 3.58. The number of rotatable bonds is 5. The molecular weight excluding hydrogens is 463 g/mol. The van der Waals surface area contributed by atoms with Crippen molar-refractivity contribution in [2.24, 2.45) is 0 Å². The van der Waals surface area contributed by atoms with Crippen LogP contribution in [0.1, 0.15) is 5.56 Å². The summed E-state index contributed by atoms with van der Waals surface area (Å²) in [5, 5.41) is 11.5. The van der Waals surface area contributed by atoms with Crippen LogP contribution in [0, 0.1) is 12.7 Å². The van der Waals surface area contributed by atoms with Crippen LogP contribution < -0.4 is 11.0 Å². The molecule has 3 aromatic heterocycles. The van der Waals surface area contributed by atoms with Crippen molar-refractivity contribution in [1.29, 1.82) is 0 Å². The molecule has 0 unspecified atom stereocenters. The molecule has 9 nitrogen and oxygen atoms in total. The number of hydrogen-bond acceptors (Lipinski definition) is 6. The quantitative estimate of drug-likeness (QED) is 0.410. The van der Waals surface area contributed by atoms with Gasteiger partial charge in [-0.05, 0) is 67.1 Å². The third-order valence-corrected chi connectivity index (χ3v) is 5.38. The predicted molar refractivity (Wildman–Crippen MR) is 123 cm³/mol. The molecular formula is C23H16ClFN6O3. The number of aryl methyl sites for hydroxylation is 1. The van der Waals surface area contributed by atoms with Crippen LogP contribution in [-0.4, -0.2) is 30.2 Å². The van der Waals surface area contributed by atoms with Crippen molar-refractivity contribution in [1.82, 2.24) is 24.3 Å². The molecule has 0 spiro atoms. The SMILES string of the molecule is Cc1cc(F)ccc1NC(=O)Cn1nc2c(-c3nc(-c4ccc(Cl)cc4)no3)cccn2c1=O. The number of carbonyl (C=O) groups excluding carboxylic acids is 1. The van der Waals surface area contributed by atoms with E-state index in [2.05, 4.69) is 20.6 Å². The monoisotopic (exact) mass is 478 g/mol. The van der Waals surface area contributed by atoms with Crippen molar-refractivity contribution in [3.63, 3.8) is 0 Å². The summed E-state index contributed by atoms with van der Waals surface area (Å²) in [7, 11) is 0. The lowest BCUT2D eigenvalue weighted by atomic mass is 10.2. The summed E-state index contributed by atoms with van der Waals surface area (Å²) < 4.78 is 21.0. The summed E-state index contributed by atoms with van der Waals surface area (Å²) in [6.07, 6.45) is 1.53. The van der Waals surface area contributed by atoms with Gasteiger partial charge in [0.2, 0.25) is 11.7 Å². The molecule has 5 aromatic rings. The van der Waals surface area contributed by atoms with E-state index >= 15 is 0 Å². The number of fused-ring (bicyclic) bond motifs is 1. The number of benzene rings is 2. The van der Waals surface area contributed by atoms with Crippen LogP contribution in [0.25, 0.3) is 28.5 Å². The minimum Gasteiger partial charge on any atom is -0.333 e. The molecule has 2 aromatic carbocycles. The first kappa shape index (κ1) is 21.5. The van der Waals surface area contributed by atoms with Crippen LogP contribution >= 0.6 is 11.6 Å². The number of carbonyl (C=O) groups is 1. The summed E-state index contributed by atoms with van der Waals surface area (Å²) in [5.41, 5.74) is 1.89. The van der Waals surface area contributed by atoms with Gasteiger partial charge in [0.15, 0.2) is 5.65 Å². The van der Waals surface area contributed by atoms with Gasteiger partial charge in [0.1, 0.15) is 12.4 Å². The van der Waals surface area contributed by atoms with Gasteiger partial charge in [-0.25, -0.2) is 18.3 Å². The largest absolute Gasteiger partial charge is 0.350 e. The second-order valence-electron chi connectivity index (χ2n) is 7.49. The molecule has 11 heteroatoms. The zero-order chi connectivity index (χ0) is 23.8. The fourth-order valence-electron chi connectivity index (χ4n) is 3.45. The van der Waals surface area contributed by atoms with Crippen molar-refractivity contribution < 1.29 is 13.7 Å². The van der Waals surface area contributed by atoms with Crippen LogP contribution in [-0.2, 0) is 11.3 Å². The van der Waals surface area contributed by atoms with Gasteiger partial charge >= 0.3 is 5.69 Å². The molecule has 0 fully saturated rings. The number of nitrogens with zero attached hydrogens (tertiary/aromatic N) is 5. The zero-order valence-corrected chi connectivity index (χ0v) is 18.5. The van der Waals surface area contributed by atoms with Crippen molar-refractivity contribution in [3.05, 3.63) is 87.7 Å². The Kier molecular flexibility index (Phi) is 5.42. The first-order chi connectivity index (χ1) is 16.4. The van der Waals surface area contributed by atoms with E-state index in [9.17, 15) is 14.0 Å². The lowest BCUT2D eigenvalue weighted by Gasteiger charge is -2.07. The molecule has 34 heavy (non-hydrogen) atoms. The summed E-state index contributed by atoms with van der Waals surface area (Å²) in [6.45, 7) is 1.33. The first-order valence-corrected chi connectivity index (χ1v) is 10.5. The van der Waals surface area contributed by atoms with E-state index in [1.807, 2.05) is 0 Å². The van der Waals surface area contributed by atoms with Gasteiger partial charge in [0, 0.05) is 22.5 Å². The maximum Gasteiger partial charge on any atom is 0.350 e. The molecule has 0 bridgehead atoms. The smallest absolute Gasteiger partial charge is 0.333 e. The van der Waals surface area contributed by atoms with Gasteiger partial charge in [-0.2, -0.15) is 4.98 Å². The van der Waals surface area contributed by atoms with Gasteiger partial charge in [0.25, 0.3) is 5.89 Å². The van der Waals surface area contributed by atoms with E-state index in [0.29, 0.717) is 33.2 Å². The third-order valence-electron chi connectivity index (χ3n) is 5.12. The fraction of sp³-hybridized carbons (Fsp3) is 0.0870. The van der Waals surface area contributed by atoms with E-state index in [4.69, 9.17) is 16.1 Å². The molecule has 170 valence electrons. The molecule has 3 heterocycles. The highest BCUT2D eigenvalue weighted by molar-refractivity contribution is 6.30. The molecule has 0 saturated carbocycles. The second kappa shape index (κ2) is 8.56. The number of halogens is 2. The van der Waals surface area contributed by atoms with E-state index in [0.717, 1.165) is 4.68 Å². The molecule has 0 aliphatic rings. The van der Waals surface area contributed by atoms with Crippen LogP contribution in [0.15, 0.2) is 70.1 Å². The molecule has 5 rings (SSSR count). The summed E-state index contributed by atoms with van der Waals surface area (Å²) in [4.78, 5) is 29.8. The average molecular weight is 479 g/mol. The Bertz CT molecular complexity index is 1590. The highest BCUT2D eigenvalue weighted by atomic mass is 35.5. The maximum atomic E-state index is 13.3. The van der Waals surface area contributed by atoms with E-state index in [-0.39, 0.29) is 18.1 Å². The zero-order valence-electron chi connectivity index (χ0n) is 17.7. The van der Waals surface area contributed by atoms with Gasteiger partial charge in [-0.3, -0.25) is 4.79 Å². The standard InChI is InChI=1S/C23H16ClFN6O3/c1-13-11-16(25)8-9-18(13)26-19(32)12-31-23(33)30-10-2-3-17(21(30)28-31)22-27-20(29-34-22)14-4-6-15(24)7-5-14/h2-11H,12H2,1H3,(H,26,32). The van der Waals surface area contributed by atoms with Crippen LogP contribution in [0.3, 0.4) is 0 Å². The number of pyridine rings is 1. The Balaban J connectivity index is 1.44. The molecule has 1 amide bonds. The Hall–Kier alpha value is -4.31. The highest BCUT2D eigenvalue weighted by Gasteiger charge is 2.19. The van der Waals surface area contributed by atoms with E-state index in [1.54, 1.807) is 43.3 Å². The Morgan fingerprint density at radius 1 is 1.18 bits per heavy atom. The molecule has 0 atom stereocenters. The summed E-state index contributed by atoms with van der Waals surface area (Å²) in [6, 6.07) is 14.3. The maximum absolute atomic E-state index is 13.3. The Labute approximate surface area is 196 Å². The lowest BCUT2D eigenvalue weighted by molar-refractivity contribution is -0.117. The van der Waals surface area contributed by atoms with Crippen LogP contribution in [0.2, 0.25) is 5.02 Å². The van der Waals surface area contributed by atoms with Crippen LogP contribution in [0.5, 0.6) is 0 Å². The number of amides is 1. The lowest BCUT2D eigenvalue weighted by Crippen LogP contribution is -2.28. The van der Waals surface area contributed by atoms with Gasteiger partial charge in [-0.15, -0.1) is 5.10 Å². The first-order valence-electron chi connectivity index (χ1n) is 10.1. The normalized spacial score (nSPS) is 11.1. The number of anilines is 1. The van der Waals surface area contributed by atoms with Crippen molar-refractivity contribution >= 4 is 28.8 Å². The minimum absolute atomic E-state index is 0.166. The minimum atomic E-state index is -0.514. The molecule has 0 aliphatic heterocycles. The van der Waals surface area contributed by atoms with Gasteiger partial charge in [0.05, 0.1) is 5.56 Å².